The monoisotopic (exact) mass is 353 g/mol. The summed E-state index contributed by atoms with van der Waals surface area (Å²) < 4.78 is 13.1. The van der Waals surface area contributed by atoms with Gasteiger partial charge in [0.25, 0.3) is 0 Å². The zero-order valence-electron chi connectivity index (χ0n) is 14.4. The fourth-order valence-corrected chi connectivity index (χ4v) is 2.75. The number of nitrogens with zero attached hydrogens (tertiary/aromatic N) is 1. The number of hydrogen-bond donors (Lipinski definition) is 3. The molecule has 3 rings (SSSR count). The van der Waals surface area contributed by atoms with Crippen LogP contribution in [-0.2, 0) is 17.6 Å². The van der Waals surface area contributed by atoms with Gasteiger partial charge in [0.1, 0.15) is 11.6 Å². The van der Waals surface area contributed by atoms with Gasteiger partial charge in [0.2, 0.25) is 5.91 Å². The van der Waals surface area contributed by atoms with Crippen molar-refractivity contribution in [2.45, 2.75) is 19.8 Å². The molecule has 3 aromatic rings. The van der Waals surface area contributed by atoms with Gasteiger partial charge in [-0.3, -0.25) is 9.89 Å². The van der Waals surface area contributed by atoms with Gasteiger partial charge in [0.05, 0.1) is 12.1 Å². The number of benzene rings is 2. The Hall–Kier alpha value is -3.15. The van der Waals surface area contributed by atoms with Gasteiger partial charge >= 0.3 is 0 Å². The first-order valence-electron chi connectivity index (χ1n) is 8.37. The fourth-order valence-electron chi connectivity index (χ4n) is 2.75. The molecule has 1 amide bonds. The summed E-state index contributed by atoms with van der Waals surface area (Å²) in [5.41, 5.74) is 4.09. The molecule has 0 radical (unpaired) electrons. The Labute approximate surface area is 150 Å². The first-order chi connectivity index (χ1) is 12.5. The predicted octanol–water partition coefficient (Wildman–Crippen LogP) is 3.13. The third-order valence-corrected chi connectivity index (χ3v) is 4.20. The van der Waals surface area contributed by atoms with Crippen LogP contribution < -0.4 is 5.32 Å². The van der Waals surface area contributed by atoms with E-state index in [0.29, 0.717) is 18.7 Å². The summed E-state index contributed by atoms with van der Waals surface area (Å²) in [6.45, 7) is 2.37. The Kier molecular flexibility index (Phi) is 5.31. The molecule has 0 saturated carbocycles. The summed E-state index contributed by atoms with van der Waals surface area (Å²) in [7, 11) is 0. The van der Waals surface area contributed by atoms with Crippen LogP contribution in [0.3, 0.4) is 0 Å². The largest absolute Gasteiger partial charge is 0.508 e. The SMILES string of the molecule is Cc1[nH]nc(-c2ccc(F)cc2)c1CC(=O)NCCc1ccc(O)cc1. The summed E-state index contributed by atoms with van der Waals surface area (Å²) in [5, 5.41) is 19.3. The summed E-state index contributed by atoms with van der Waals surface area (Å²) >= 11 is 0. The number of aromatic nitrogens is 2. The summed E-state index contributed by atoms with van der Waals surface area (Å²) in [6, 6.07) is 13.0. The molecule has 0 aliphatic rings. The standard InChI is InChI=1S/C20H20FN3O2/c1-13-18(20(24-23-13)15-4-6-16(21)7-5-15)12-19(26)22-11-10-14-2-8-17(25)9-3-14/h2-9,25H,10-12H2,1H3,(H,22,26)(H,23,24). The Morgan fingerprint density at radius 1 is 1.15 bits per heavy atom. The molecule has 0 fully saturated rings. The number of phenols is 1. The van der Waals surface area contributed by atoms with Crippen LogP contribution in [0.1, 0.15) is 16.8 Å². The van der Waals surface area contributed by atoms with Crippen molar-refractivity contribution in [2.24, 2.45) is 0 Å². The number of amides is 1. The number of H-pyrrole nitrogens is 1. The maximum absolute atomic E-state index is 13.1. The average molecular weight is 353 g/mol. The van der Waals surface area contributed by atoms with Crippen molar-refractivity contribution in [1.82, 2.24) is 15.5 Å². The number of aromatic amines is 1. The lowest BCUT2D eigenvalue weighted by molar-refractivity contribution is -0.120. The van der Waals surface area contributed by atoms with Gasteiger partial charge in [-0.25, -0.2) is 4.39 Å². The van der Waals surface area contributed by atoms with E-state index in [-0.39, 0.29) is 23.9 Å². The maximum Gasteiger partial charge on any atom is 0.224 e. The van der Waals surface area contributed by atoms with Crippen molar-refractivity contribution >= 4 is 5.91 Å². The lowest BCUT2D eigenvalue weighted by atomic mass is 10.0. The molecule has 1 aromatic heterocycles. The smallest absolute Gasteiger partial charge is 0.224 e. The van der Waals surface area contributed by atoms with Crippen LogP contribution in [0.4, 0.5) is 4.39 Å². The minimum atomic E-state index is -0.311. The third kappa shape index (κ3) is 4.27. The normalized spacial score (nSPS) is 10.7. The number of rotatable bonds is 6. The Morgan fingerprint density at radius 2 is 1.85 bits per heavy atom. The lowest BCUT2D eigenvalue weighted by Crippen LogP contribution is -2.27. The van der Waals surface area contributed by atoms with Gasteiger partial charge in [-0.2, -0.15) is 5.10 Å². The zero-order chi connectivity index (χ0) is 18.5. The van der Waals surface area contributed by atoms with E-state index in [4.69, 9.17) is 0 Å². The fraction of sp³-hybridized carbons (Fsp3) is 0.200. The Balaban J connectivity index is 1.61. The number of nitrogens with one attached hydrogen (secondary N) is 2. The van der Waals surface area contributed by atoms with Crippen LogP contribution in [0.5, 0.6) is 5.75 Å². The molecule has 1 heterocycles. The van der Waals surface area contributed by atoms with Gasteiger partial charge < -0.3 is 10.4 Å². The highest BCUT2D eigenvalue weighted by Gasteiger charge is 2.15. The van der Waals surface area contributed by atoms with E-state index < -0.39 is 0 Å². The third-order valence-electron chi connectivity index (χ3n) is 4.20. The van der Waals surface area contributed by atoms with Crippen LogP contribution in [0.15, 0.2) is 48.5 Å². The van der Waals surface area contributed by atoms with Crippen molar-refractivity contribution in [2.75, 3.05) is 6.54 Å². The van der Waals surface area contributed by atoms with E-state index in [1.807, 2.05) is 19.1 Å². The summed E-state index contributed by atoms with van der Waals surface area (Å²) in [6.07, 6.45) is 0.881. The number of halogens is 1. The highest BCUT2D eigenvalue weighted by Crippen LogP contribution is 2.24. The first-order valence-corrected chi connectivity index (χ1v) is 8.37. The quantitative estimate of drug-likeness (QED) is 0.637. The first kappa shape index (κ1) is 17.7. The molecule has 6 heteroatoms. The molecule has 0 bridgehead atoms. The number of aromatic hydroxyl groups is 1. The van der Waals surface area contributed by atoms with Crippen molar-refractivity contribution in [3.05, 3.63) is 71.2 Å². The van der Waals surface area contributed by atoms with Crippen LogP contribution in [-0.4, -0.2) is 27.8 Å². The second kappa shape index (κ2) is 7.82. The summed E-state index contributed by atoms with van der Waals surface area (Å²) in [4.78, 5) is 12.3. The topological polar surface area (TPSA) is 78.0 Å². The molecule has 134 valence electrons. The minimum Gasteiger partial charge on any atom is -0.508 e. The van der Waals surface area contributed by atoms with Gasteiger partial charge in [-0.1, -0.05) is 12.1 Å². The molecule has 0 saturated heterocycles. The second-order valence-electron chi connectivity index (χ2n) is 6.13. The molecule has 2 aromatic carbocycles. The zero-order valence-corrected chi connectivity index (χ0v) is 14.4. The van der Waals surface area contributed by atoms with Gasteiger partial charge in [0.15, 0.2) is 0 Å². The molecule has 0 spiro atoms. The molecule has 0 aliphatic heterocycles. The van der Waals surface area contributed by atoms with Gasteiger partial charge in [-0.15, -0.1) is 0 Å². The number of hydrogen-bond acceptors (Lipinski definition) is 3. The van der Waals surface area contributed by atoms with E-state index in [2.05, 4.69) is 15.5 Å². The van der Waals surface area contributed by atoms with Crippen LogP contribution >= 0.6 is 0 Å². The molecule has 26 heavy (non-hydrogen) atoms. The molecular formula is C20H20FN3O2. The predicted molar refractivity (Wildman–Crippen MR) is 97.2 cm³/mol. The van der Waals surface area contributed by atoms with Crippen molar-refractivity contribution in [3.8, 4) is 17.0 Å². The van der Waals surface area contributed by atoms with E-state index in [1.54, 1.807) is 24.3 Å². The van der Waals surface area contributed by atoms with Crippen LogP contribution in [0.25, 0.3) is 11.3 Å². The van der Waals surface area contributed by atoms with E-state index in [9.17, 15) is 14.3 Å². The van der Waals surface area contributed by atoms with E-state index in [1.165, 1.54) is 12.1 Å². The summed E-state index contributed by atoms with van der Waals surface area (Å²) in [5.74, 6) is -0.187. The highest BCUT2D eigenvalue weighted by molar-refractivity contribution is 5.81. The number of carbonyl (C=O) groups is 1. The highest BCUT2D eigenvalue weighted by atomic mass is 19.1. The second-order valence-corrected chi connectivity index (χ2v) is 6.13. The maximum atomic E-state index is 13.1. The minimum absolute atomic E-state index is 0.100. The van der Waals surface area contributed by atoms with Gasteiger partial charge in [-0.05, 0) is 55.3 Å². The Morgan fingerprint density at radius 3 is 2.54 bits per heavy atom. The van der Waals surface area contributed by atoms with Crippen molar-refractivity contribution in [3.63, 3.8) is 0 Å². The number of aryl methyl sites for hydroxylation is 1. The Bertz CT molecular complexity index is 886. The molecule has 5 nitrogen and oxygen atoms in total. The molecule has 0 aliphatic carbocycles. The van der Waals surface area contributed by atoms with E-state index >= 15 is 0 Å². The molecule has 0 unspecified atom stereocenters. The lowest BCUT2D eigenvalue weighted by Gasteiger charge is -2.07. The van der Waals surface area contributed by atoms with Crippen LogP contribution in [0.2, 0.25) is 0 Å². The molecular weight excluding hydrogens is 333 g/mol. The number of phenolic OH excluding ortho intramolecular Hbond substituents is 1. The number of carbonyl (C=O) groups excluding carboxylic acids is 1. The van der Waals surface area contributed by atoms with Crippen molar-refractivity contribution < 1.29 is 14.3 Å². The van der Waals surface area contributed by atoms with E-state index in [0.717, 1.165) is 22.4 Å². The van der Waals surface area contributed by atoms with Crippen LogP contribution in [0, 0.1) is 12.7 Å². The van der Waals surface area contributed by atoms with Gasteiger partial charge in [0, 0.05) is 23.4 Å². The molecule has 0 atom stereocenters. The van der Waals surface area contributed by atoms with Crippen molar-refractivity contribution in [1.29, 1.82) is 0 Å². The molecule has 3 N–H and O–H groups in total. The average Bonchev–Trinajstić information content (AvgIpc) is 2.98.